The molecule has 2 amide bonds. The predicted octanol–water partition coefficient (Wildman–Crippen LogP) is 3.78. The Morgan fingerprint density at radius 2 is 1.92 bits per heavy atom. The van der Waals surface area contributed by atoms with Crippen molar-refractivity contribution in [1.82, 2.24) is 10.7 Å². The average molecular weight is 376 g/mol. The minimum absolute atomic E-state index is 0.0771. The van der Waals surface area contributed by atoms with Gasteiger partial charge in [-0.1, -0.05) is 32.4 Å². The maximum Gasteiger partial charge on any atom is 0.251 e. The van der Waals surface area contributed by atoms with Gasteiger partial charge < -0.3 is 5.32 Å². The van der Waals surface area contributed by atoms with Crippen LogP contribution in [0.2, 0.25) is 5.02 Å². The molecule has 0 aliphatic heterocycles. The predicted molar refractivity (Wildman–Crippen MR) is 103 cm³/mol. The largest absolute Gasteiger partial charge is 0.352 e. The lowest BCUT2D eigenvalue weighted by atomic mass is 9.70. The number of carbonyl (C=O) groups excluding carboxylic acids is 2. The van der Waals surface area contributed by atoms with E-state index in [1.165, 1.54) is 6.42 Å². The second-order valence-corrected chi connectivity index (χ2v) is 8.54. The number of nitrogens with zero attached hydrogens (tertiary/aromatic N) is 1. The molecular weight excluding hydrogens is 350 g/mol. The fourth-order valence-electron chi connectivity index (χ4n) is 4.28. The third-order valence-corrected chi connectivity index (χ3v) is 6.82. The van der Waals surface area contributed by atoms with Crippen molar-refractivity contribution in [3.05, 3.63) is 34.9 Å². The topological polar surface area (TPSA) is 70.6 Å². The summed E-state index contributed by atoms with van der Waals surface area (Å²) in [6.45, 7) is 7.14. The Balaban J connectivity index is 1.47. The Bertz CT molecular complexity index is 742. The lowest BCUT2D eigenvalue weighted by molar-refractivity contribution is -0.120. The molecule has 2 saturated carbocycles. The number of fused-ring (bicyclic) bond motifs is 2. The van der Waals surface area contributed by atoms with E-state index in [1.807, 2.05) is 0 Å². The molecule has 2 fully saturated rings. The molecule has 0 saturated heterocycles. The summed E-state index contributed by atoms with van der Waals surface area (Å²) in [6, 6.07) is 6.63. The first kappa shape index (κ1) is 18.9. The van der Waals surface area contributed by atoms with Crippen molar-refractivity contribution < 1.29 is 9.59 Å². The molecule has 2 aliphatic carbocycles. The number of nitrogens with one attached hydrogen (secondary N) is 2. The van der Waals surface area contributed by atoms with Crippen LogP contribution in [-0.4, -0.2) is 24.1 Å². The molecule has 2 bridgehead atoms. The second-order valence-electron chi connectivity index (χ2n) is 8.10. The van der Waals surface area contributed by atoms with Crippen LogP contribution in [0.3, 0.4) is 0 Å². The Labute approximate surface area is 159 Å². The molecule has 0 aromatic heterocycles. The van der Waals surface area contributed by atoms with Gasteiger partial charge in [-0.05, 0) is 54.9 Å². The van der Waals surface area contributed by atoms with Gasteiger partial charge in [0.1, 0.15) is 0 Å². The van der Waals surface area contributed by atoms with E-state index >= 15 is 0 Å². The lowest BCUT2D eigenvalue weighted by Crippen LogP contribution is -2.34. The summed E-state index contributed by atoms with van der Waals surface area (Å²) in [7, 11) is 0. The van der Waals surface area contributed by atoms with Gasteiger partial charge in [-0.3, -0.25) is 9.59 Å². The maximum absolute atomic E-state index is 12.0. The normalized spacial score (nSPS) is 27.5. The summed E-state index contributed by atoms with van der Waals surface area (Å²) < 4.78 is 0. The molecule has 3 rings (SSSR count). The molecule has 0 radical (unpaired) electrons. The number of hydrazone groups is 1. The van der Waals surface area contributed by atoms with Crippen molar-refractivity contribution >= 4 is 29.1 Å². The summed E-state index contributed by atoms with van der Waals surface area (Å²) in [5.41, 5.74) is 4.62. The van der Waals surface area contributed by atoms with Gasteiger partial charge in [0.2, 0.25) is 5.91 Å². The zero-order chi connectivity index (χ0) is 18.9. The van der Waals surface area contributed by atoms with Gasteiger partial charge in [-0.2, -0.15) is 5.10 Å². The van der Waals surface area contributed by atoms with Crippen molar-refractivity contribution in [2.24, 2.45) is 21.8 Å². The van der Waals surface area contributed by atoms with Crippen molar-refractivity contribution in [1.29, 1.82) is 0 Å². The fourth-order valence-corrected chi connectivity index (χ4v) is 4.40. The molecule has 5 nitrogen and oxygen atoms in total. The third-order valence-electron chi connectivity index (χ3n) is 6.57. The molecule has 0 heterocycles. The highest BCUT2D eigenvalue weighted by Gasteiger charge is 2.59. The fraction of sp³-hybridized carbons (Fsp3) is 0.550. The summed E-state index contributed by atoms with van der Waals surface area (Å²) in [4.78, 5) is 24.0. The quantitative estimate of drug-likeness (QED) is 0.769. The van der Waals surface area contributed by atoms with Crippen LogP contribution < -0.4 is 10.7 Å². The van der Waals surface area contributed by atoms with Crippen molar-refractivity contribution in [3.63, 3.8) is 0 Å². The van der Waals surface area contributed by atoms with Crippen LogP contribution in [0.1, 0.15) is 56.8 Å². The second kappa shape index (κ2) is 7.03. The third kappa shape index (κ3) is 3.37. The Morgan fingerprint density at radius 3 is 2.50 bits per heavy atom. The number of benzene rings is 1. The molecule has 6 heteroatoms. The summed E-state index contributed by atoms with van der Waals surface area (Å²) >= 11 is 5.80. The Hall–Kier alpha value is -1.88. The van der Waals surface area contributed by atoms with Crippen LogP contribution in [-0.2, 0) is 4.79 Å². The van der Waals surface area contributed by atoms with Gasteiger partial charge in [0.25, 0.3) is 5.91 Å². The summed E-state index contributed by atoms with van der Waals surface area (Å²) in [5.74, 6) is 0.253. The molecule has 140 valence electrons. The molecule has 2 N–H and O–H groups in total. The van der Waals surface area contributed by atoms with E-state index in [9.17, 15) is 9.59 Å². The maximum atomic E-state index is 12.0. The molecule has 0 spiro atoms. The van der Waals surface area contributed by atoms with Gasteiger partial charge in [-0.25, -0.2) is 5.43 Å². The van der Waals surface area contributed by atoms with E-state index in [2.05, 4.69) is 36.6 Å². The minimum Gasteiger partial charge on any atom is -0.352 e. The van der Waals surface area contributed by atoms with Crippen LogP contribution in [0.25, 0.3) is 0 Å². The zero-order valence-corrected chi connectivity index (χ0v) is 16.3. The highest BCUT2D eigenvalue weighted by Crippen LogP contribution is 2.63. The van der Waals surface area contributed by atoms with Crippen molar-refractivity contribution in [2.75, 3.05) is 6.54 Å². The lowest BCUT2D eigenvalue weighted by Gasteiger charge is -2.34. The van der Waals surface area contributed by atoms with Crippen LogP contribution in [0.5, 0.6) is 0 Å². The van der Waals surface area contributed by atoms with Crippen LogP contribution in [0.15, 0.2) is 29.4 Å². The van der Waals surface area contributed by atoms with Crippen molar-refractivity contribution in [2.45, 2.75) is 46.5 Å². The Kier molecular flexibility index (Phi) is 5.11. The van der Waals surface area contributed by atoms with Gasteiger partial charge in [0, 0.05) is 34.7 Å². The van der Waals surface area contributed by atoms with E-state index < -0.39 is 0 Å². The highest BCUT2D eigenvalue weighted by molar-refractivity contribution is 6.30. The van der Waals surface area contributed by atoms with Gasteiger partial charge in [0.15, 0.2) is 0 Å². The van der Waals surface area contributed by atoms with E-state index in [4.69, 9.17) is 11.6 Å². The van der Waals surface area contributed by atoms with Crippen LogP contribution in [0.4, 0.5) is 0 Å². The van der Waals surface area contributed by atoms with Crippen molar-refractivity contribution in [3.8, 4) is 0 Å². The molecule has 26 heavy (non-hydrogen) atoms. The van der Waals surface area contributed by atoms with E-state index in [0.29, 0.717) is 16.5 Å². The van der Waals surface area contributed by atoms with Gasteiger partial charge in [0.05, 0.1) is 0 Å². The minimum atomic E-state index is -0.219. The highest BCUT2D eigenvalue weighted by atomic mass is 35.5. The standard InChI is InChI=1S/C20H26ClN3O2/c1-19(2)14-8-10-20(19,3)16(12-14)23-24-17(25)9-11-22-18(26)13-4-6-15(21)7-5-13/h4-7,14H,8-12H2,1-3H3,(H,22,26)(H,24,25)/b23-16+/t14-,20-/m0/s1. The number of rotatable bonds is 5. The number of amides is 2. The molecular formula is C20H26ClN3O2. The molecule has 0 unspecified atom stereocenters. The van der Waals surface area contributed by atoms with Crippen LogP contribution >= 0.6 is 11.6 Å². The van der Waals surface area contributed by atoms with Gasteiger partial charge >= 0.3 is 0 Å². The molecule has 2 aliphatic rings. The number of halogens is 1. The summed E-state index contributed by atoms with van der Waals surface area (Å²) in [6.07, 6.45) is 3.54. The van der Waals surface area contributed by atoms with E-state index in [-0.39, 0.29) is 35.6 Å². The van der Waals surface area contributed by atoms with Gasteiger partial charge in [-0.15, -0.1) is 0 Å². The number of hydrogen-bond donors (Lipinski definition) is 2. The zero-order valence-electron chi connectivity index (χ0n) is 15.6. The Morgan fingerprint density at radius 1 is 1.23 bits per heavy atom. The first-order valence-electron chi connectivity index (χ1n) is 9.14. The smallest absolute Gasteiger partial charge is 0.251 e. The molecule has 1 aromatic carbocycles. The molecule has 2 atom stereocenters. The monoisotopic (exact) mass is 375 g/mol. The average Bonchev–Trinajstić information content (AvgIpc) is 2.93. The molecule has 1 aromatic rings. The first-order valence-corrected chi connectivity index (χ1v) is 9.51. The van der Waals surface area contributed by atoms with E-state index in [1.54, 1.807) is 24.3 Å². The number of hydrogen-bond acceptors (Lipinski definition) is 3. The number of carbonyl (C=O) groups is 2. The summed E-state index contributed by atoms with van der Waals surface area (Å²) in [5, 5.41) is 7.74. The van der Waals surface area contributed by atoms with Crippen LogP contribution in [0, 0.1) is 16.7 Å². The van der Waals surface area contributed by atoms with E-state index in [0.717, 1.165) is 18.6 Å². The first-order chi connectivity index (χ1) is 12.2. The SMILES string of the molecule is CC1(C)[C@H]2CC[C@@]1(C)/C(=N/NC(=O)CCNC(=O)c1ccc(Cl)cc1)C2.